The highest BCUT2D eigenvalue weighted by atomic mass is 16.2. The number of nitrogens with zero attached hydrogens (tertiary/aromatic N) is 2. The summed E-state index contributed by atoms with van der Waals surface area (Å²) in [5, 5.41) is 0. The Morgan fingerprint density at radius 3 is 2.38 bits per heavy atom. The minimum Gasteiger partial charge on any atom is -0.347 e. The molecule has 2 N–H and O–H groups in total. The molecule has 0 fully saturated rings. The zero-order valence-electron chi connectivity index (χ0n) is 10.3. The third-order valence-corrected chi connectivity index (χ3v) is 2.26. The molecule has 1 unspecified atom stereocenters. The second-order valence-electron chi connectivity index (χ2n) is 3.77. The van der Waals surface area contributed by atoms with Crippen LogP contribution in [0.25, 0.3) is 0 Å². The van der Waals surface area contributed by atoms with Gasteiger partial charge in [0.05, 0.1) is 12.6 Å². The molecule has 0 aromatic heterocycles. The van der Waals surface area contributed by atoms with Gasteiger partial charge < -0.3 is 15.5 Å². The van der Waals surface area contributed by atoms with E-state index in [0.717, 1.165) is 0 Å². The lowest BCUT2D eigenvalue weighted by molar-refractivity contribution is -0.139. The first-order valence-corrected chi connectivity index (χ1v) is 5.29. The van der Waals surface area contributed by atoms with Crippen molar-refractivity contribution in [3.8, 4) is 0 Å². The summed E-state index contributed by atoms with van der Waals surface area (Å²) in [6.45, 7) is 5.90. The summed E-state index contributed by atoms with van der Waals surface area (Å²) in [6, 6.07) is -0.604. The van der Waals surface area contributed by atoms with Gasteiger partial charge in [0.1, 0.15) is 0 Å². The average Bonchev–Trinajstić information content (AvgIpc) is 2.24. The Balaban J connectivity index is 4.43. The Bertz CT molecular complexity index is 264. The maximum Gasteiger partial charge on any atom is 0.241 e. The standard InChI is InChI=1S/C11H21N3O2/c1-5-7-9(12)11(16)14(6-2)8-10(15)13(3)4/h5,9H,1,6-8,12H2,2-4H3. The number of hydrogen-bond acceptors (Lipinski definition) is 3. The molecule has 92 valence electrons. The number of likely N-dealkylation sites (N-methyl/N-ethyl adjacent to an activating group) is 2. The molecule has 2 amide bonds. The van der Waals surface area contributed by atoms with Crippen molar-refractivity contribution in [2.24, 2.45) is 5.73 Å². The van der Waals surface area contributed by atoms with E-state index in [2.05, 4.69) is 6.58 Å². The van der Waals surface area contributed by atoms with Crippen molar-refractivity contribution in [3.05, 3.63) is 12.7 Å². The van der Waals surface area contributed by atoms with Crippen LogP contribution in [0.4, 0.5) is 0 Å². The normalized spacial score (nSPS) is 11.8. The van der Waals surface area contributed by atoms with Gasteiger partial charge >= 0.3 is 0 Å². The monoisotopic (exact) mass is 227 g/mol. The fourth-order valence-electron chi connectivity index (χ4n) is 1.17. The molecule has 0 bridgehead atoms. The SMILES string of the molecule is C=CCC(N)C(=O)N(CC)CC(=O)N(C)C. The molecule has 0 aromatic rings. The summed E-state index contributed by atoms with van der Waals surface area (Å²) in [4.78, 5) is 26.2. The maximum atomic E-state index is 11.8. The fourth-order valence-corrected chi connectivity index (χ4v) is 1.17. The smallest absolute Gasteiger partial charge is 0.241 e. The Morgan fingerprint density at radius 2 is 2.00 bits per heavy atom. The average molecular weight is 227 g/mol. The first-order valence-electron chi connectivity index (χ1n) is 5.29. The molecule has 5 heteroatoms. The largest absolute Gasteiger partial charge is 0.347 e. The highest BCUT2D eigenvalue weighted by Crippen LogP contribution is 1.99. The summed E-state index contributed by atoms with van der Waals surface area (Å²) < 4.78 is 0. The lowest BCUT2D eigenvalue weighted by Gasteiger charge is -2.24. The van der Waals surface area contributed by atoms with Crippen molar-refractivity contribution in [3.63, 3.8) is 0 Å². The van der Waals surface area contributed by atoms with Crippen LogP contribution >= 0.6 is 0 Å². The van der Waals surface area contributed by atoms with Gasteiger partial charge in [0, 0.05) is 20.6 Å². The molecule has 0 spiro atoms. The number of hydrogen-bond donors (Lipinski definition) is 1. The van der Waals surface area contributed by atoms with Gasteiger partial charge in [-0.1, -0.05) is 6.08 Å². The van der Waals surface area contributed by atoms with E-state index in [1.54, 1.807) is 20.2 Å². The van der Waals surface area contributed by atoms with Crippen molar-refractivity contribution >= 4 is 11.8 Å². The molecule has 5 nitrogen and oxygen atoms in total. The van der Waals surface area contributed by atoms with Crippen LogP contribution in [0.1, 0.15) is 13.3 Å². The predicted molar refractivity (Wildman–Crippen MR) is 63.7 cm³/mol. The quantitative estimate of drug-likeness (QED) is 0.640. The highest BCUT2D eigenvalue weighted by Gasteiger charge is 2.21. The van der Waals surface area contributed by atoms with Gasteiger partial charge in [-0.25, -0.2) is 0 Å². The van der Waals surface area contributed by atoms with Crippen LogP contribution in [0.2, 0.25) is 0 Å². The summed E-state index contributed by atoms with van der Waals surface area (Å²) in [7, 11) is 3.31. The summed E-state index contributed by atoms with van der Waals surface area (Å²) >= 11 is 0. The lowest BCUT2D eigenvalue weighted by atomic mass is 10.2. The summed E-state index contributed by atoms with van der Waals surface area (Å²) in [6.07, 6.45) is 2.02. The summed E-state index contributed by atoms with van der Waals surface area (Å²) in [5.74, 6) is -0.321. The van der Waals surface area contributed by atoms with Crippen molar-refractivity contribution in [2.45, 2.75) is 19.4 Å². The van der Waals surface area contributed by atoms with Crippen LogP contribution in [0.3, 0.4) is 0 Å². The van der Waals surface area contributed by atoms with Crippen LogP contribution in [0.15, 0.2) is 12.7 Å². The van der Waals surface area contributed by atoms with Gasteiger partial charge in [0.2, 0.25) is 11.8 Å². The Morgan fingerprint density at radius 1 is 1.44 bits per heavy atom. The van der Waals surface area contributed by atoms with E-state index < -0.39 is 6.04 Å². The first kappa shape index (κ1) is 14.6. The lowest BCUT2D eigenvalue weighted by Crippen LogP contribution is -2.47. The van der Waals surface area contributed by atoms with E-state index in [-0.39, 0.29) is 18.4 Å². The topological polar surface area (TPSA) is 66.6 Å². The second kappa shape index (κ2) is 7.00. The fraction of sp³-hybridized carbons (Fsp3) is 0.636. The minimum absolute atomic E-state index is 0.0766. The van der Waals surface area contributed by atoms with Crippen molar-refractivity contribution < 1.29 is 9.59 Å². The molecule has 0 heterocycles. The molecule has 0 aliphatic heterocycles. The van der Waals surface area contributed by atoms with Crippen LogP contribution in [0, 0.1) is 0 Å². The number of nitrogens with two attached hydrogens (primary N) is 1. The van der Waals surface area contributed by atoms with Crippen LogP contribution < -0.4 is 5.73 Å². The highest BCUT2D eigenvalue weighted by molar-refractivity contribution is 5.87. The first-order chi connectivity index (χ1) is 7.43. The Kier molecular flexibility index (Phi) is 6.41. The number of carbonyl (C=O) groups is 2. The molecular formula is C11H21N3O2. The van der Waals surface area contributed by atoms with Gasteiger partial charge in [-0.2, -0.15) is 0 Å². The maximum absolute atomic E-state index is 11.8. The number of carbonyl (C=O) groups excluding carboxylic acids is 2. The molecule has 0 aromatic carbocycles. The molecule has 16 heavy (non-hydrogen) atoms. The van der Waals surface area contributed by atoms with Gasteiger partial charge in [0.15, 0.2) is 0 Å². The van der Waals surface area contributed by atoms with E-state index in [0.29, 0.717) is 13.0 Å². The van der Waals surface area contributed by atoms with Crippen LogP contribution in [-0.4, -0.2) is 54.8 Å². The van der Waals surface area contributed by atoms with Crippen molar-refractivity contribution in [1.82, 2.24) is 9.80 Å². The van der Waals surface area contributed by atoms with E-state index >= 15 is 0 Å². The van der Waals surface area contributed by atoms with E-state index in [9.17, 15) is 9.59 Å². The van der Waals surface area contributed by atoms with Crippen LogP contribution in [0.5, 0.6) is 0 Å². The second-order valence-corrected chi connectivity index (χ2v) is 3.77. The number of rotatable bonds is 6. The molecule has 0 rings (SSSR count). The minimum atomic E-state index is -0.604. The molecule has 0 radical (unpaired) electrons. The number of amides is 2. The zero-order valence-corrected chi connectivity index (χ0v) is 10.3. The Labute approximate surface area is 96.9 Å². The van der Waals surface area contributed by atoms with Crippen molar-refractivity contribution in [2.75, 3.05) is 27.2 Å². The molecule has 0 aliphatic rings. The Hall–Kier alpha value is -1.36. The third-order valence-electron chi connectivity index (χ3n) is 2.26. The van der Waals surface area contributed by atoms with Gasteiger partial charge in [-0.15, -0.1) is 6.58 Å². The van der Waals surface area contributed by atoms with Crippen LogP contribution in [-0.2, 0) is 9.59 Å². The molecule has 1 atom stereocenters. The zero-order chi connectivity index (χ0) is 12.7. The molecule has 0 aliphatic carbocycles. The van der Waals surface area contributed by atoms with E-state index in [4.69, 9.17) is 5.73 Å². The van der Waals surface area contributed by atoms with Crippen molar-refractivity contribution in [1.29, 1.82) is 0 Å². The van der Waals surface area contributed by atoms with E-state index in [1.807, 2.05) is 6.92 Å². The van der Waals surface area contributed by atoms with E-state index in [1.165, 1.54) is 9.80 Å². The summed E-state index contributed by atoms with van der Waals surface area (Å²) in [5.41, 5.74) is 5.67. The van der Waals surface area contributed by atoms with Gasteiger partial charge in [0.25, 0.3) is 0 Å². The van der Waals surface area contributed by atoms with Gasteiger partial charge in [-0.3, -0.25) is 9.59 Å². The molecular weight excluding hydrogens is 206 g/mol. The molecule has 0 saturated heterocycles. The van der Waals surface area contributed by atoms with Gasteiger partial charge in [-0.05, 0) is 13.3 Å². The predicted octanol–water partition coefficient (Wildman–Crippen LogP) is -0.173. The molecule has 0 saturated carbocycles. The third kappa shape index (κ3) is 4.44.